The molecule has 4 fully saturated rings. The van der Waals surface area contributed by atoms with Gasteiger partial charge in [-0.1, -0.05) is 12.8 Å². The van der Waals surface area contributed by atoms with Crippen molar-refractivity contribution < 1.29 is 10.2 Å². The summed E-state index contributed by atoms with van der Waals surface area (Å²) in [7, 11) is 0. The van der Waals surface area contributed by atoms with E-state index in [4.69, 9.17) is 0 Å². The van der Waals surface area contributed by atoms with Crippen LogP contribution in [0.5, 0.6) is 0 Å². The summed E-state index contributed by atoms with van der Waals surface area (Å²) in [5.41, 5.74) is 0. The van der Waals surface area contributed by atoms with E-state index in [-0.39, 0.29) is 12.2 Å². The molecule has 126 valence electrons. The molecule has 3 N–H and O–H groups in total. The van der Waals surface area contributed by atoms with E-state index in [1.54, 1.807) is 0 Å². The van der Waals surface area contributed by atoms with Crippen LogP contribution in [-0.2, 0) is 0 Å². The summed E-state index contributed by atoms with van der Waals surface area (Å²) in [6.07, 6.45) is 10.5. The van der Waals surface area contributed by atoms with Crippen LogP contribution in [0.2, 0.25) is 0 Å². The Morgan fingerprint density at radius 3 is 2.23 bits per heavy atom. The highest BCUT2D eigenvalue weighted by Gasteiger charge is 2.51. The molecule has 0 bridgehead atoms. The maximum absolute atomic E-state index is 11.1. The highest BCUT2D eigenvalue weighted by Crippen LogP contribution is 2.52. The largest absolute Gasteiger partial charge is 0.393 e. The van der Waals surface area contributed by atoms with Crippen molar-refractivity contribution in [2.45, 2.75) is 89.0 Å². The van der Waals surface area contributed by atoms with Crippen LogP contribution < -0.4 is 5.32 Å². The second-order valence-electron chi connectivity index (χ2n) is 8.73. The van der Waals surface area contributed by atoms with Gasteiger partial charge in [0, 0.05) is 18.0 Å². The second kappa shape index (κ2) is 6.07. The number of aliphatic hydroxyl groups is 2. The van der Waals surface area contributed by atoms with Crippen molar-refractivity contribution in [1.29, 1.82) is 0 Å². The minimum atomic E-state index is -0.199. The molecule has 8 unspecified atom stereocenters. The normalized spacial score (nSPS) is 55.5. The zero-order valence-corrected chi connectivity index (χ0v) is 14.0. The van der Waals surface area contributed by atoms with Gasteiger partial charge in [0.25, 0.3) is 0 Å². The van der Waals surface area contributed by atoms with Gasteiger partial charge in [-0.05, 0) is 75.5 Å². The molecule has 3 aliphatic carbocycles. The minimum absolute atomic E-state index is 0.159. The number of piperidine rings is 1. The van der Waals surface area contributed by atoms with Gasteiger partial charge in [-0.25, -0.2) is 0 Å². The molecule has 1 heterocycles. The lowest BCUT2D eigenvalue weighted by molar-refractivity contribution is -0.0961. The smallest absolute Gasteiger partial charge is 0.0615 e. The topological polar surface area (TPSA) is 52.5 Å². The number of fused-ring (bicyclic) bond motifs is 4. The molecule has 3 heteroatoms. The summed E-state index contributed by atoms with van der Waals surface area (Å²) in [4.78, 5) is 0. The van der Waals surface area contributed by atoms with E-state index in [9.17, 15) is 10.2 Å². The Morgan fingerprint density at radius 2 is 1.41 bits per heavy atom. The first kappa shape index (κ1) is 15.4. The van der Waals surface area contributed by atoms with E-state index in [1.165, 1.54) is 44.9 Å². The SMILES string of the molecule is CC1CCC2C(O)C3CC(O)C4CCCCC4C3CC[C@H]2N1. The van der Waals surface area contributed by atoms with Gasteiger partial charge < -0.3 is 15.5 Å². The molecule has 0 aromatic carbocycles. The lowest BCUT2D eigenvalue weighted by atomic mass is 9.58. The zero-order valence-electron chi connectivity index (χ0n) is 14.0. The van der Waals surface area contributed by atoms with Crippen LogP contribution in [0.3, 0.4) is 0 Å². The Labute approximate surface area is 134 Å². The molecule has 3 nitrogen and oxygen atoms in total. The quantitative estimate of drug-likeness (QED) is 0.645. The van der Waals surface area contributed by atoms with Crippen LogP contribution in [0, 0.1) is 29.6 Å². The summed E-state index contributed by atoms with van der Waals surface area (Å²) < 4.78 is 0. The first-order chi connectivity index (χ1) is 10.6. The monoisotopic (exact) mass is 307 g/mol. The van der Waals surface area contributed by atoms with Gasteiger partial charge >= 0.3 is 0 Å². The molecule has 3 saturated carbocycles. The minimum Gasteiger partial charge on any atom is -0.393 e. The molecule has 4 aliphatic rings. The third kappa shape index (κ3) is 2.53. The highest BCUT2D eigenvalue weighted by molar-refractivity contribution is 5.02. The van der Waals surface area contributed by atoms with E-state index in [0.717, 1.165) is 12.8 Å². The molecular weight excluding hydrogens is 274 g/mol. The average Bonchev–Trinajstić information content (AvgIpc) is 2.66. The predicted molar refractivity (Wildman–Crippen MR) is 87.4 cm³/mol. The Morgan fingerprint density at radius 1 is 0.727 bits per heavy atom. The first-order valence-corrected chi connectivity index (χ1v) is 9.77. The Bertz CT molecular complexity index is 401. The van der Waals surface area contributed by atoms with Crippen LogP contribution in [0.4, 0.5) is 0 Å². The fourth-order valence-electron chi connectivity index (χ4n) is 6.58. The number of hydrogen-bond donors (Lipinski definition) is 3. The molecule has 9 atom stereocenters. The number of rotatable bonds is 0. The maximum atomic E-state index is 11.1. The van der Waals surface area contributed by atoms with Crippen molar-refractivity contribution in [3.63, 3.8) is 0 Å². The van der Waals surface area contributed by atoms with Crippen molar-refractivity contribution in [1.82, 2.24) is 5.32 Å². The molecule has 22 heavy (non-hydrogen) atoms. The van der Waals surface area contributed by atoms with E-state index in [0.29, 0.717) is 41.7 Å². The molecule has 1 aliphatic heterocycles. The third-order valence-electron chi connectivity index (χ3n) is 7.62. The zero-order chi connectivity index (χ0) is 15.3. The summed E-state index contributed by atoms with van der Waals surface area (Å²) in [6.45, 7) is 2.28. The van der Waals surface area contributed by atoms with Gasteiger partial charge in [-0.2, -0.15) is 0 Å². The van der Waals surface area contributed by atoms with Gasteiger partial charge in [0.1, 0.15) is 0 Å². The summed E-state index contributed by atoms with van der Waals surface area (Å²) in [5, 5.41) is 25.5. The van der Waals surface area contributed by atoms with Crippen LogP contribution in [0.15, 0.2) is 0 Å². The molecule has 0 aromatic heterocycles. The lowest BCUT2D eigenvalue weighted by Gasteiger charge is -2.49. The maximum Gasteiger partial charge on any atom is 0.0615 e. The van der Waals surface area contributed by atoms with Crippen molar-refractivity contribution >= 4 is 0 Å². The lowest BCUT2D eigenvalue weighted by Crippen LogP contribution is -2.52. The van der Waals surface area contributed by atoms with E-state index < -0.39 is 0 Å². The standard InChI is InChI=1S/C19H33NO2/c1-11-6-7-15-17(20-11)9-8-13-12-4-2-3-5-14(12)18(21)10-16(13)19(15)22/h11-22H,2-10H2,1H3/t11?,12?,13?,14?,15?,16?,17-,18?,19?/m1/s1. The molecule has 0 radical (unpaired) electrons. The second-order valence-corrected chi connectivity index (χ2v) is 8.73. The van der Waals surface area contributed by atoms with Gasteiger partial charge in [-0.3, -0.25) is 0 Å². The van der Waals surface area contributed by atoms with E-state index in [1.807, 2.05) is 0 Å². The number of hydrogen-bond acceptors (Lipinski definition) is 3. The van der Waals surface area contributed by atoms with Gasteiger partial charge in [0.05, 0.1) is 12.2 Å². The van der Waals surface area contributed by atoms with Gasteiger partial charge in [-0.15, -0.1) is 0 Å². The van der Waals surface area contributed by atoms with Crippen LogP contribution in [0.25, 0.3) is 0 Å². The van der Waals surface area contributed by atoms with Crippen LogP contribution in [0.1, 0.15) is 64.7 Å². The fourth-order valence-corrected chi connectivity index (χ4v) is 6.58. The molecule has 0 spiro atoms. The fraction of sp³-hybridized carbons (Fsp3) is 1.00. The summed E-state index contributed by atoms with van der Waals surface area (Å²) >= 11 is 0. The Kier molecular flexibility index (Phi) is 4.25. The Hall–Kier alpha value is -0.120. The van der Waals surface area contributed by atoms with Crippen molar-refractivity contribution in [2.75, 3.05) is 0 Å². The van der Waals surface area contributed by atoms with Crippen molar-refractivity contribution in [2.24, 2.45) is 29.6 Å². The summed E-state index contributed by atoms with van der Waals surface area (Å²) in [6, 6.07) is 1.10. The highest BCUT2D eigenvalue weighted by atomic mass is 16.3. The molecule has 0 amide bonds. The molecular formula is C19H33NO2. The van der Waals surface area contributed by atoms with Crippen LogP contribution in [-0.4, -0.2) is 34.5 Å². The molecule has 1 saturated heterocycles. The average molecular weight is 307 g/mol. The first-order valence-electron chi connectivity index (χ1n) is 9.77. The number of nitrogens with one attached hydrogen (secondary N) is 1. The van der Waals surface area contributed by atoms with Gasteiger partial charge in [0.15, 0.2) is 0 Å². The van der Waals surface area contributed by atoms with E-state index >= 15 is 0 Å². The Balaban J connectivity index is 1.58. The molecule has 0 aromatic rings. The van der Waals surface area contributed by atoms with E-state index in [2.05, 4.69) is 12.2 Å². The number of aliphatic hydroxyl groups excluding tert-OH is 2. The van der Waals surface area contributed by atoms with Crippen molar-refractivity contribution in [3.05, 3.63) is 0 Å². The third-order valence-corrected chi connectivity index (χ3v) is 7.62. The van der Waals surface area contributed by atoms with Gasteiger partial charge in [0.2, 0.25) is 0 Å². The van der Waals surface area contributed by atoms with Crippen LogP contribution >= 0.6 is 0 Å². The van der Waals surface area contributed by atoms with Crippen molar-refractivity contribution in [3.8, 4) is 0 Å². The molecule has 4 rings (SSSR count). The summed E-state index contributed by atoms with van der Waals surface area (Å²) in [5.74, 6) is 2.62. The predicted octanol–water partition coefficient (Wildman–Crippen LogP) is 2.70.